The molecule has 0 saturated carbocycles. The molecule has 236 valence electrons. The topological polar surface area (TPSA) is 0 Å². The van der Waals surface area contributed by atoms with Gasteiger partial charge >= 0.3 is 0 Å². The van der Waals surface area contributed by atoms with E-state index in [1.165, 1.54) is 33.4 Å². The SMILES string of the molecule is CC(C)(C)C1=CC=CC1.CC(C)(C)C1=CCC=C1.CC(C)(C)C1=CCc2ccccc21.CC(C)(C)C1=Cc2ccccc2C1. The van der Waals surface area contributed by atoms with E-state index in [1.54, 1.807) is 11.1 Å². The van der Waals surface area contributed by atoms with Crippen molar-refractivity contribution in [3.05, 3.63) is 130 Å². The van der Waals surface area contributed by atoms with E-state index in [2.05, 4.69) is 180 Å². The maximum atomic E-state index is 2.37. The van der Waals surface area contributed by atoms with E-state index >= 15 is 0 Å². The predicted octanol–water partition coefficient (Wildman–Crippen LogP) is 13.2. The van der Waals surface area contributed by atoms with Gasteiger partial charge in [0.05, 0.1) is 0 Å². The van der Waals surface area contributed by atoms with E-state index in [0.29, 0.717) is 16.2 Å². The highest BCUT2D eigenvalue weighted by molar-refractivity contribution is 5.76. The molecule has 6 rings (SSSR count). The Bertz CT molecular complexity index is 1450. The van der Waals surface area contributed by atoms with E-state index in [9.17, 15) is 0 Å². The van der Waals surface area contributed by atoms with Gasteiger partial charge in [0.1, 0.15) is 0 Å². The highest BCUT2D eigenvalue weighted by Gasteiger charge is 2.24. The number of rotatable bonds is 0. The number of hydrogen-bond acceptors (Lipinski definition) is 0. The highest BCUT2D eigenvalue weighted by atomic mass is 14.3. The molecule has 0 radical (unpaired) electrons. The summed E-state index contributed by atoms with van der Waals surface area (Å²) in [6.07, 6.45) is 22.5. The van der Waals surface area contributed by atoms with Crippen LogP contribution in [0.1, 0.15) is 118 Å². The van der Waals surface area contributed by atoms with Gasteiger partial charge in [0.25, 0.3) is 0 Å². The third kappa shape index (κ3) is 10.2. The molecule has 0 heteroatoms. The van der Waals surface area contributed by atoms with Crippen LogP contribution in [0.4, 0.5) is 0 Å². The minimum atomic E-state index is 0.284. The van der Waals surface area contributed by atoms with Crippen LogP contribution in [-0.2, 0) is 12.8 Å². The van der Waals surface area contributed by atoms with Crippen molar-refractivity contribution in [2.75, 3.05) is 0 Å². The summed E-state index contributed by atoms with van der Waals surface area (Å²) >= 11 is 0. The zero-order valence-electron chi connectivity index (χ0n) is 30.1. The second-order valence-corrected chi connectivity index (χ2v) is 16.6. The molecule has 0 spiro atoms. The van der Waals surface area contributed by atoms with Crippen molar-refractivity contribution >= 4 is 11.6 Å². The average molecular weight is 589 g/mol. The Morgan fingerprint density at radius 2 is 1.16 bits per heavy atom. The van der Waals surface area contributed by atoms with Gasteiger partial charge in [0.2, 0.25) is 0 Å². The zero-order chi connectivity index (χ0) is 32.8. The lowest BCUT2D eigenvalue weighted by molar-refractivity contribution is 0.496. The fourth-order valence-corrected chi connectivity index (χ4v) is 5.77. The number of benzene rings is 2. The maximum Gasteiger partial charge on any atom is -0.00526 e. The molecule has 0 unspecified atom stereocenters. The molecule has 0 saturated heterocycles. The van der Waals surface area contributed by atoms with Crippen LogP contribution in [-0.4, -0.2) is 0 Å². The van der Waals surface area contributed by atoms with Crippen LogP contribution in [0, 0.1) is 21.7 Å². The smallest absolute Gasteiger partial charge is 0.00526 e. The van der Waals surface area contributed by atoms with Gasteiger partial charge in [0, 0.05) is 0 Å². The van der Waals surface area contributed by atoms with E-state index < -0.39 is 0 Å². The monoisotopic (exact) mass is 588 g/mol. The maximum absolute atomic E-state index is 2.37. The Labute approximate surface area is 271 Å². The molecule has 0 bridgehead atoms. The van der Waals surface area contributed by atoms with Crippen molar-refractivity contribution in [1.82, 2.24) is 0 Å². The third-order valence-corrected chi connectivity index (χ3v) is 8.74. The van der Waals surface area contributed by atoms with Crippen LogP contribution < -0.4 is 0 Å². The van der Waals surface area contributed by atoms with Gasteiger partial charge in [-0.15, -0.1) is 0 Å². The first kappa shape index (κ1) is 35.4. The van der Waals surface area contributed by atoms with E-state index in [1.807, 2.05) is 0 Å². The molecule has 0 fully saturated rings. The second kappa shape index (κ2) is 14.3. The van der Waals surface area contributed by atoms with E-state index in [0.717, 1.165) is 25.7 Å². The van der Waals surface area contributed by atoms with Crippen LogP contribution >= 0.6 is 0 Å². The first-order valence-electron chi connectivity index (χ1n) is 16.7. The molecule has 0 amide bonds. The van der Waals surface area contributed by atoms with E-state index in [4.69, 9.17) is 0 Å². The lowest BCUT2D eigenvalue weighted by Gasteiger charge is -2.21. The van der Waals surface area contributed by atoms with Crippen LogP contribution in [0.3, 0.4) is 0 Å². The van der Waals surface area contributed by atoms with Crippen LogP contribution in [0.15, 0.2) is 108 Å². The summed E-state index contributed by atoms with van der Waals surface area (Å²) in [6.45, 7) is 27.2. The van der Waals surface area contributed by atoms with Gasteiger partial charge in [-0.2, -0.15) is 0 Å². The molecule has 4 aliphatic rings. The number of fused-ring (bicyclic) bond motifs is 2. The molecule has 0 aromatic heterocycles. The van der Waals surface area contributed by atoms with Crippen LogP contribution in [0.2, 0.25) is 0 Å². The van der Waals surface area contributed by atoms with Crippen molar-refractivity contribution in [3.8, 4) is 0 Å². The standard InChI is InChI=1S/2C13H16.2C9H14/c1-13(2,3)12-8-10-6-4-5-7-11(10)9-12;1-13(2,3)12-9-8-10-6-4-5-7-11(10)12;2*1-9(2,3)8-6-4-5-7-8/h4-8H,9H2,1-3H3;4-7,9H,8H2,1-3H3;4,6-7H,5H2,1-3H3;4-6H,7H2,1-3H3. The van der Waals surface area contributed by atoms with Gasteiger partial charge in [-0.3, -0.25) is 0 Å². The van der Waals surface area contributed by atoms with Crippen molar-refractivity contribution < 1.29 is 0 Å². The minimum Gasteiger partial charge on any atom is -0.0804 e. The molecule has 0 aliphatic heterocycles. The predicted molar refractivity (Wildman–Crippen MR) is 198 cm³/mol. The lowest BCUT2D eigenvalue weighted by Crippen LogP contribution is -2.08. The summed E-state index contributed by atoms with van der Waals surface area (Å²) in [4.78, 5) is 0. The fraction of sp³-hybridized carbons (Fsp3) is 0.455. The Hall–Kier alpha value is -3.12. The largest absolute Gasteiger partial charge is 0.0804 e. The molecule has 44 heavy (non-hydrogen) atoms. The Balaban J connectivity index is 0.000000163. The summed E-state index contributed by atoms with van der Waals surface area (Å²) in [5, 5.41) is 0. The van der Waals surface area contributed by atoms with E-state index in [-0.39, 0.29) is 5.41 Å². The first-order chi connectivity index (χ1) is 20.4. The van der Waals surface area contributed by atoms with Gasteiger partial charge in [-0.25, -0.2) is 0 Å². The van der Waals surface area contributed by atoms with Crippen molar-refractivity contribution in [1.29, 1.82) is 0 Å². The molecule has 0 N–H and O–H groups in total. The summed E-state index contributed by atoms with van der Waals surface area (Å²) in [6, 6.07) is 17.4. The van der Waals surface area contributed by atoms with Crippen molar-refractivity contribution in [2.45, 2.75) is 109 Å². The number of allylic oxidation sites excluding steroid dienone is 11. The molecule has 0 heterocycles. The van der Waals surface area contributed by atoms with Crippen molar-refractivity contribution in [2.24, 2.45) is 21.7 Å². The normalized spacial score (nSPS) is 16.6. The second-order valence-electron chi connectivity index (χ2n) is 16.6. The number of hydrogen-bond donors (Lipinski definition) is 0. The highest BCUT2D eigenvalue weighted by Crippen LogP contribution is 2.40. The summed E-state index contributed by atoms with van der Waals surface area (Å²) in [5.74, 6) is 0. The Morgan fingerprint density at radius 3 is 1.61 bits per heavy atom. The molecular weight excluding hydrogens is 528 g/mol. The molecule has 2 aromatic carbocycles. The first-order valence-corrected chi connectivity index (χ1v) is 16.7. The molecule has 0 atom stereocenters. The average Bonchev–Trinajstić information content (AvgIpc) is 3.74. The van der Waals surface area contributed by atoms with Crippen LogP contribution in [0.25, 0.3) is 11.6 Å². The molecule has 4 aliphatic carbocycles. The van der Waals surface area contributed by atoms with Crippen molar-refractivity contribution in [3.63, 3.8) is 0 Å². The van der Waals surface area contributed by atoms with Gasteiger partial charge in [-0.1, -0.05) is 191 Å². The Morgan fingerprint density at radius 1 is 0.545 bits per heavy atom. The summed E-state index contributed by atoms with van der Waals surface area (Å²) < 4.78 is 0. The minimum absolute atomic E-state index is 0.284. The van der Waals surface area contributed by atoms with Gasteiger partial charge < -0.3 is 0 Å². The molecule has 2 aromatic rings. The Kier molecular flexibility index (Phi) is 11.5. The molecule has 0 nitrogen and oxygen atoms in total. The van der Waals surface area contributed by atoms with Gasteiger partial charge in [-0.05, 0) is 80.7 Å². The molecular formula is C44H60. The summed E-state index contributed by atoms with van der Waals surface area (Å²) in [7, 11) is 0. The zero-order valence-corrected chi connectivity index (χ0v) is 30.1. The third-order valence-electron chi connectivity index (χ3n) is 8.74. The fourth-order valence-electron chi connectivity index (χ4n) is 5.77. The van der Waals surface area contributed by atoms with Gasteiger partial charge in [0.15, 0.2) is 0 Å². The quantitative estimate of drug-likeness (QED) is 0.287. The lowest BCUT2D eigenvalue weighted by atomic mass is 9.83. The summed E-state index contributed by atoms with van der Waals surface area (Å²) in [5.41, 5.74) is 13.2. The van der Waals surface area contributed by atoms with Crippen LogP contribution in [0.5, 0.6) is 0 Å².